The molecule has 0 saturated carbocycles. The first-order valence-electron chi connectivity index (χ1n) is 6.40. The van der Waals surface area contributed by atoms with Crippen LogP contribution < -0.4 is 4.90 Å². The Morgan fingerprint density at radius 3 is 2.85 bits per heavy atom. The van der Waals surface area contributed by atoms with Crippen molar-refractivity contribution in [1.29, 1.82) is 0 Å². The van der Waals surface area contributed by atoms with Gasteiger partial charge >= 0.3 is 5.97 Å². The maximum Gasteiger partial charge on any atom is 0.335 e. The molecular formula is C13H16N2O5. The van der Waals surface area contributed by atoms with E-state index in [-0.39, 0.29) is 17.9 Å². The van der Waals surface area contributed by atoms with Gasteiger partial charge in [-0.15, -0.1) is 0 Å². The highest BCUT2D eigenvalue weighted by Gasteiger charge is 2.28. The van der Waals surface area contributed by atoms with E-state index in [0.717, 1.165) is 12.5 Å². The highest BCUT2D eigenvalue weighted by atomic mass is 16.6. The third-order valence-electron chi connectivity index (χ3n) is 3.58. The molecule has 0 aromatic heterocycles. The van der Waals surface area contributed by atoms with Gasteiger partial charge in [0.25, 0.3) is 5.69 Å². The van der Waals surface area contributed by atoms with Gasteiger partial charge in [0.05, 0.1) is 10.5 Å². The highest BCUT2D eigenvalue weighted by Crippen LogP contribution is 2.33. The van der Waals surface area contributed by atoms with Crippen molar-refractivity contribution in [3.63, 3.8) is 0 Å². The van der Waals surface area contributed by atoms with E-state index in [1.54, 1.807) is 0 Å². The number of benzene rings is 1. The molecule has 0 aliphatic carbocycles. The number of hydrogen-bond acceptors (Lipinski definition) is 5. The summed E-state index contributed by atoms with van der Waals surface area (Å²) < 4.78 is 0. The summed E-state index contributed by atoms with van der Waals surface area (Å²) in [7, 11) is 0. The molecule has 1 unspecified atom stereocenters. The Labute approximate surface area is 115 Å². The molecule has 20 heavy (non-hydrogen) atoms. The van der Waals surface area contributed by atoms with E-state index in [0.29, 0.717) is 31.1 Å². The maximum atomic E-state index is 11.1. The van der Waals surface area contributed by atoms with Crippen LogP contribution in [0.15, 0.2) is 18.2 Å². The van der Waals surface area contributed by atoms with E-state index >= 15 is 0 Å². The zero-order valence-corrected chi connectivity index (χ0v) is 10.9. The minimum absolute atomic E-state index is 0.0912. The fourth-order valence-corrected chi connectivity index (χ4v) is 2.54. The third-order valence-corrected chi connectivity index (χ3v) is 3.58. The molecule has 108 valence electrons. The Morgan fingerprint density at radius 2 is 2.25 bits per heavy atom. The van der Waals surface area contributed by atoms with E-state index in [9.17, 15) is 14.9 Å². The molecule has 1 aromatic rings. The number of hydrogen-bond donors (Lipinski definition) is 2. The third kappa shape index (κ3) is 2.88. The summed E-state index contributed by atoms with van der Waals surface area (Å²) in [6, 6.07) is 3.96. The average molecular weight is 280 g/mol. The highest BCUT2D eigenvalue weighted by molar-refractivity contribution is 5.89. The average Bonchev–Trinajstić information content (AvgIpc) is 2.86. The van der Waals surface area contributed by atoms with E-state index in [1.807, 2.05) is 4.90 Å². The number of aliphatic hydroxyl groups excluding tert-OH is 1. The molecule has 0 bridgehead atoms. The van der Waals surface area contributed by atoms with E-state index in [2.05, 4.69) is 0 Å². The van der Waals surface area contributed by atoms with E-state index in [1.165, 1.54) is 12.1 Å². The van der Waals surface area contributed by atoms with Crippen molar-refractivity contribution in [2.75, 3.05) is 24.6 Å². The first kappa shape index (κ1) is 14.3. The maximum absolute atomic E-state index is 11.1. The predicted molar refractivity (Wildman–Crippen MR) is 72.1 cm³/mol. The summed E-state index contributed by atoms with van der Waals surface area (Å²) in [5, 5.41) is 28.9. The summed E-state index contributed by atoms with van der Waals surface area (Å²) in [5.74, 6) is -0.863. The Hall–Kier alpha value is -2.15. The minimum Gasteiger partial charge on any atom is -0.478 e. The van der Waals surface area contributed by atoms with E-state index in [4.69, 9.17) is 10.2 Å². The molecule has 0 amide bonds. The molecular weight excluding hydrogens is 264 g/mol. The van der Waals surface area contributed by atoms with Gasteiger partial charge in [0.2, 0.25) is 0 Å². The first-order chi connectivity index (χ1) is 9.52. The second kappa shape index (κ2) is 5.87. The Bertz CT molecular complexity index is 531. The molecule has 2 N–H and O–H groups in total. The molecule has 0 spiro atoms. The molecule has 1 aliphatic heterocycles. The standard InChI is InChI=1S/C13H16N2O5/c16-6-4-9-3-5-14(8-9)11-2-1-10(13(17)18)7-12(11)15(19)20/h1-2,7,9,16H,3-6,8H2,(H,17,18). The first-order valence-corrected chi connectivity index (χ1v) is 6.40. The van der Waals surface area contributed by atoms with Crippen molar-refractivity contribution >= 4 is 17.3 Å². The Morgan fingerprint density at radius 1 is 1.50 bits per heavy atom. The molecule has 1 fully saturated rings. The van der Waals surface area contributed by atoms with E-state index < -0.39 is 10.9 Å². The lowest BCUT2D eigenvalue weighted by atomic mass is 10.1. The number of carboxylic acids is 1. The number of carbonyl (C=O) groups is 1. The predicted octanol–water partition coefficient (Wildman–Crippen LogP) is 1.50. The van der Waals surface area contributed by atoms with Crippen LogP contribution in [0, 0.1) is 16.0 Å². The molecule has 1 atom stereocenters. The van der Waals surface area contributed by atoms with Crippen molar-refractivity contribution in [2.24, 2.45) is 5.92 Å². The van der Waals surface area contributed by atoms with Crippen LogP contribution in [0.1, 0.15) is 23.2 Å². The van der Waals surface area contributed by atoms with Crippen LogP contribution in [0.2, 0.25) is 0 Å². The molecule has 0 radical (unpaired) electrons. The van der Waals surface area contributed by atoms with Gasteiger partial charge in [0, 0.05) is 25.8 Å². The van der Waals surface area contributed by atoms with Crippen LogP contribution >= 0.6 is 0 Å². The zero-order chi connectivity index (χ0) is 14.7. The second-order valence-corrected chi connectivity index (χ2v) is 4.88. The molecule has 1 aromatic carbocycles. The lowest BCUT2D eigenvalue weighted by Gasteiger charge is -2.18. The fourth-order valence-electron chi connectivity index (χ4n) is 2.54. The van der Waals surface area contributed by atoms with Gasteiger partial charge in [-0.25, -0.2) is 4.79 Å². The smallest absolute Gasteiger partial charge is 0.335 e. The number of nitro benzene ring substituents is 1. The number of rotatable bonds is 5. The topological polar surface area (TPSA) is 104 Å². The number of nitro groups is 1. The van der Waals surface area contributed by atoms with Gasteiger partial charge in [0.15, 0.2) is 0 Å². The van der Waals surface area contributed by atoms with Crippen LogP contribution in [0.4, 0.5) is 11.4 Å². The molecule has 7 nitrogen and oxygen atoms in total. The molecule has 1 heterocycles. The van der Waals surface area contributed by atoms with Crippen LogP contribution in [0.5, 0.6) is 0 Å². The second-order valence-electron chi connectivity index (χ2n) is 4.88. The largest absolute Gasteiger partial charge is 0.478 e. The number of aromatic carboxylic acids is 1. The molecule has 7 heteroatoms. The number of aliphatic hydroxyl groups is 1. The Kier molecular flexibility index (Phi) is 4.19. The van der Waals surface area contributed by atoms with Crippen LogP contribution in [0.25, 0.3) is 0 Å². The van der Waals surface area contributed by atoms with Crippen LogP contribution in [-0.4, -0.2) is 40.8 Å². The summed E-state index contributed by atoms with van der Waals surface area (Å²) in [4.78, 5) is 23.3. The molecule has 1 saturated heterocycles. The summed E-state index contributed by atoms with van der Waals surface area (Å²) in [6.45, 7) is 1.43. The Balaban J connectivity index is 2.28. The number of anilines is 1. The van der Waals surface area contributed by atoms with Gasteiger partial charge in [0.1, 0.15) is 5.69 Å². The monoisotopic (exact) mass is 280 g/mol. The quantitative estimate of drug-likeness (QED) is 0.625. The van der Waals surface area contributed by atoms with Gasteiger partial charge in [-0.3, -0.25) is 10.1 Å². The number of carboxylic acid groups (broad SMARTS) is 1. The van der Waals surface area contributed by atoms with Gasteiger partial charge in [-0.05, 0) is 30.9 Å². The van der Waals surface area contributed by atoms with Crippen molar-refractivity contribution in [3.05, 3.63) is 33.9 Å². The van der Waals surface area contributed by atoms with Gasteiger partial charge < -0.3 is 15.1 Å². The summed E-state index contributed by atoms with van der Waals surface area (Å²) in [5.41, 5.74) is 0.168. The lowest BCUT2D eigenvalue weighted by Crippen LogP contribution is -2.21. The molecule has 1 aliphatic rings. The van der Waals surface area contributed by atoms with Crippen LogP contribution in [0.3, 0.4) is 0 Å². The SMILES string of the molecule is O=C(O)c1ccc(N2CCC(CCO)C2)c([N+](=O)[O-])c1. The lowest BCUT2D eigenvalue weighted by molar-refractivity contribution is -0.384. The van der Waals surface area contributed by atoms with Crippen LogP contribution in [-0.2, 0) is 0 Å². The molecule has 2 rings (SSSR count). The van der Waals surface area contributed by atoms with Gasteiger partial charge in [-0.2, -0.15) is 0 Å². The fraction of sp³-hybridized carbons (Fsp3) is 0.462. The minimum atomic E-state index is -1.18. The summed E-state index contributed by atoms with van der Waals surface area (Å²) in [6.07, 6.45) is 1.55. The van der Waals surface area contributed by atoms with Crippen molar-refractivity contribution in [1.82, 2.24) is 0 Å². The summed E-state index contributed by atoms with van der Waals surface area (Å²) >= 11 is 0. The van der Waals surface area contributed by atoms with Crippen molar-refractivity contribution < 1.29 is 19.9 Å². The van der Waals surface area contributed by atoms with Crippen molar-refractivity contribution in [2.45, 2.75) is 12.8 Å². The van der Waals surface area contributed by atoms with Crippen molar-refractivity contribution in [3.8, 4) is 0 Å². The van der Waals surface area contributed by atoms with Gasteiger partial charge in [-0.1, -0.05) is 0 Å². The number of nitrogens with zero attached hydrogens (tertiary/aromatic N) is 2. The zero-order valence-electron chi connectivity index (χ0n) is 10.9. The normalized spacial score (nSPS) is 18.2.